The molecule has 2 heterocycles. The minimum Gasteiger partial charge on any atom is -0.423 e. The van der Waals surface area contributed by atoms with Crippen LogP contribution in [0, 0.1) is 0 Å². The van der Waals surface area contributed by atoms with Crippen LogP contribution in [0.1, 0.15) is 12.8 Å². The van der Waals surface area contributed by atoms with Crippen molar-refractivity contribution in [2.45, 2.75) is 18.9 Å². The number of carbonyl (C=O) groups is 1. The van der Waals surface area contributed by atoms with E-state index in [0.29, 0.717) is 11.3 Å². The van der Waals surface area contributed by atoms with Crippen molar-refractivity contribution < 1.29 is 9.21 Å². The van der Waals surface area contributed by atoms with E-state index in [2.05, 4.69) is 10.6 Å². The van der Waals surface area contributed by atoms with Crippen molar-refractivity contribution in [1.29, 1.82) is 0 Å². The molecule has 1 aliphatic rings. The Morgan fingerprint density at radius 3 is 3.00 bits per heavy atom. The van der Waals surface area contributed by atoms with E-state index >= 15 is 0 Å². The molecule has 2 N–H and O–H groups in total. The number of benzene rings is 1. The maximum Gasteiger partial charge on any atom is 0.336 e. The second kappa shape index (κ2) is 4.85. The fraction of sp³-hybridized carbons (Fsp3) is 0.286. The lowest BCUT2D eigenvalue weighted by Gasteiger charge is -2.11. The minimum atomic E-state index is -0.376. The molecule has 0 saturated carbocycles. The average Bonchev–Trinajstić information content (AvgIpc) is 2.93. The molecule has 1 aliphatic heterocycles. The summed E-state index contributed by atoms with van der Waals surface area (Å²) in [7, 11) is 0. The van der Waals surface area contributed by atoms with Crippen LogP contribution in [-0.2, 0) is 4.79 Å². The van der Waals surface area contributed by atoms with E-state index in [4.69, 9.17) is 4.42 Å². The molecular weight excluding hydrogens is 244 g/mol. The molecule has 0 aliphatic carbocycles. The van der Waals surface area contributed by atoms with E-state index in [9.17, 15) is 9.59 Å². The van der Waals surface area contributed by atoms with Gasteiger partial charge in [-0.25, -0.2) is 4.79 Å². The van der Waals surface area contributed by atoms with Crippen molar-refractivity contribution in [3.63, 3.8) is 0 Å². The highest BCUT2D eigenvalue weighted by molar-refractivity contribution is 5.96. The number of carbonyl (C=O) groups excluding carboxylic acids is 1. The zero-order valence-electron chi connectivity index (χ0n) is 10.3. The van der Waals surface area contributed by atoms with Crippen LogP contribution in [0.2, 0.25) is 0 Å². The highest BCUT2D eigenvalue weighted by atomic mass is 16.4. The molecule has 0 bridgehead atoms. The Morgan fingerprint density at radius 2 is 2.21 bits per heavy atom. The maximum absolute atomic E-state index is 12.0. The van der Waals surface area contributed by atoms with Gasteiger partial charge in [0.25, 0.3) is 0 Å². The van der Waals surface area contributed by atoms with Crippen LogP contribution in [-0.4, -0.2) is 18.5 Å². The Hall–Kier alpha value is -2.14. The van der Waals surface area contributed by atoms with Gasteiger partial charge >= 0.3 is 5.63 Å². The molecule has 5 nitrogen and oxygen atoms in total. The Bertz CT molecular complexity index is 672. The molecule has 1 aromatic carbocycles. The van der Waals surface area contributed by atoms with Crippen LogP contribution < -0.4 is 16.3 Å². The number of rotatable bonds is 2. The van der Waals surface area contributed by atoms with Crippen LogP contribution in [0.3, 0.4) is 0 Å². The van der Waals surface area contributed by atoms with Crippen LogP contribution in [0.15, 0.2) is 39.5 Å². The SMILES string of the molecule is O=C(Nc1ccc2oc(=O)ccc2c1)C1CCCN1. The van der Waals surface area contributed by atoms with Crippen molar-refractivity contribution in [1.82, 2.24) is 5.32 Å². The third kappa shape index (κ3) is 2.51. The number of anilines is 1. The van der Waals surface area contributed by atoms with Crippen molar-refractivity contribution in [2.24, 2.45) is 0 Å². The third-order valence-corrected chi connectivity index (χ3v) is 3.26. The van der Waals surface area contributed by atoms with Crippen LogP contribution >= 0.6 is 0 Å². The predicted molar refractivity (Wildman–Crippen MR) is 72.1 cm³/mol. The summed E-state index contributed by atoms with van der Waals surface area (Å²) in [5, 5.41) is 6.81. The van der Waals surface area contributed by atoms with Crippen molar-refractivity contribution in [2.75, 3.05) is 11.9 Å². The van der Waals surface area contributed by atoms with E-state index in [1.807, 2.05) is 0 Å². The van der Waals surface area contributed by atoms with E-state index in [1.54, 1.807) is 24.3 Å². The minimum absolute atomic E-state index is 0.0192. The van der Waals surface area contributed by atoms with Gasteiger partial charge in [0, 0.05) is 17.1 Å². The van der Waals surface area contributed by atoms with Crippen LogP contribution in [0.5, 0.6) is 0 Å². The lowest BCUT2D eigenvalue weighted by Crippen LogP contribution is -2.35. The lowest BCUT2D eigenvalue weighted by molar-refractivity contribution is -0.117. The topological polar surface area (TPSA) is 71.3 Å². The van der Waals surface area contributed by atoms with Gasteiger partial charge in [-0.3, -0.25) is 4.79 Å². The third-order valence-electron chi connectivity index (χ3n) is 3.26. The first kappa shape index (κ1) is 11.9. The lowest BCUT2D eigenvalue weighted by atomic mass is 10.2. The summed E-state index contributed by atoms with van der Waals surface area (Å²) in [6, 6.07) is 8.17. The van der Waals surface area contributed by atoms with Crippen molar-refractivity contribution in [3.05, 3.63) is 40.8 Å². The Kier molecular flexibility index (Phi) is 3.05. The summed E-state index contributed by atoms with van der Waals surface area (Å²) in [5.74, 6) is -0.0192. The maximum atomic E-state index is 12.0. The van der Waals surface area contributed by atoms with E-state index in [-0.39, 0.29) is 17.6 Å². The smallest absolute Gasteiger partial charge is 0.336 e. The van der Waals surface area contributed by atoms with Gasteiger partial charge in [0.05, 0.1) is 6.04 Å². The first-order chi connectivity index (χ1) is 9.22. The second-order valence-corrected chi connectivity index (χ2v) is 4.65. The summed E-state index contributed by atoms with van der Waals surface area (Å²) in [5.41, 5.74) is 0.851. The quantitative estimate of drug-likeness (QED) is 0.800. The summed E-state index contributed by atoms with van der Waals surface area (Å²) < 4.78 is 5.04. The van der Waals surface area contributed by atoms with Gasteiger partial charge in [-0.2, -0.15) is 0 Å². The largest absolute Gasteiger partial charge is 0.423 e. The molecule has 1 unspecified atom stereocenters. The molecule has 1 amide bonds. The van der Waals surface area contributed by atoms with E-state index in [0.717, 1.165) is 24.8 Å². The van der Waals surface area contributed by atoms with Gasteiger partial charge in [-0.15, -0.1) is 0 Å². The van der Waals surface area contributed by atoms with Crippen LogP contribution in [0.25, 0.3) is 11.0 Å². The number of hydrogen-bond acceptors (Lipinski definition) is 4. The van der Waals surface area contributed by atoms with Crippen LogP contribution in [0.4, 0.5) is 5.69 Å². The normalized spacial score (nSPS) is 18.6. The van der Waals surface area contributed by atoms with Crippen molar-refractivity contribution in [3.8, 4) is 0 Å². The molecular formula is C14H14N2O3. The fourth-order valence-electron chi connectivity index (χ4n) is 2.29. The molecule has 5 heteroatoms. The first-order valence-corrected chi connectivity index (χ1v) is 6.30. The zero-order valence-corrected chi connectivity index (χ0v) is 10.3. The number of fused-ring (bicyclic) bond motifs is 1. The molecule has 1 fully saturated rings. The van der Waals surface area contributed by atoms with E-state index < -0.39 is 0 Å². The summed E-state index contributed by atoms with van der Waals surface area (Å²) in [6.07, 6.45) is 1.90. The summed E-state index contributed by atoms with van der Waals surface area (Å²) in [6.45, 7) is 0.890. The fourth-order valence-corrected chi connectivity index (χ4v) is 2.29. The molecule has 0 spiro atoms. The van der Waals surface area contributed by atoms with Crippen molar-refractivity contribution >= 4 is 22.6 Å². The highest BCUT2D eigenvalue weighted by Crippen LogP contribution is 2.18. The Labute approximate surface area is 109 Å². The van der Waals surface area contributed by atoms with Gasteiger partial charge < -0.3 is 15.1 Å². The van der Waals surface area contributed by atoms with Gasteiger partial charge in [-0.05, 0) is 43.7 Å². The molecule has 1 aromatic heterocycles. The zero-order chi connectivity index (χ0) is 13.2. The van der Waals surface area contributed by atoms with E-state index in [1.165, 1.54) is 6.07 Å². The molecule has 98 valence electrons. The highest BCUT2D eigenvalue weighted by Gasteiger charge is 2.21. The number of amides is 1. The van der Waals surface area contributed by atoms with Gasteiger partial charge in [0.15, 0.2) is 0 Å². The molecule has 0 radical (unpaired) electrons. The second-order valence-electron chi connectivity index (χ2n) is 4.65. The molecule has 1 saturated heterocycles. The molecule has 2 aromatic rings. The Balaban J connectivity index is 1.83. The Morgan fingerprint density at radius 1 is 1.32 bits per heavy atom. The number of hydrogen-bond donors (Lipinski definition) is 2. The van der Waals surface area contributed by atoms with Gasteiger partial charge in [0.2, 0.25) is 5.91 Å². The monoisotopic (exact) mass is 258 g/mol. The summed E-state index contributed by atoms with van der Waals surface area (Å²) >= 11 is 0. The standard InChI is InChI=1S/C14H14N2O3/c17-13-6-3-9-8-10(4-5-12(9)19-13)16-14(18)11-2-1-7-15-11/h3-6,8,11,15H,1-2,7H2,(H,16,18). The van der Waals surface area contributed by atoms with Gasteiger partial charge in [-0.1, -0.05) is 0 Å². The summed E-state index contributed by atoms with van der Waals surface area (Å²) in [4.78, 5) is 23.0. The molecule has 1 atom stereocenters. The number of nitrogens with one attached hydrogen (secondary N) is 2. The predicted octanol–water partition coefficient (Wildman–Crippen LogP) is 1.48. The first-order valence-electron chi connectivity index (χ1n) is 6.30. The average molecular weight is 258 g/mol. The van der Waals surface area contributed by atoms with Gasteiger partial charge in [0.1, 0.15) is 5.58 Å². The molecule has 3 rings (SSSR count). The molecule has 19 heavy (non-hydrogen) atoms.